The average Bonchev–Trinajstić information content (AvgIpc) is 3.12. The van der Waals surface area contributed by atoms with Crippen LogP contribution in [0, 0.1) is 0 Å². The normalized spacial score (nSPS) is 24.3. The second-order valence-electron chi connectivity index (χ2n) is 6.18. The highest BCUT2D eigenvalue weighted by atomic mass is 16.1. The lowest BCUT2D eigenvalue weighted by Gasteiger charge is -2.28. The fourth-order valence-corrected chi connectivity index (χ4v) is 3.13. The van der Waals surface area contributed by atoms with Crippen molar-refractivity contribution in [3.63, 3.8) is 0 Å². The largest absolute Gasteiger partial charge is 0.296 e. The molecule has 0 bridgehead atoms. The fourth-order valence-electron chi connectivity index (χ4n) is 3.13. The Kier molecular flexibility index (Phi) is 3.44. The number of hydrogen-bond acceptors (Lipinski definition) is 3. The van der Waals surface area contributed by atoms with Crippen LogP contribution in [0.3, 0.4) is 0 Å². The summed E-state index contributed by atoms with van der Waals surface area (Å²) in [5.74, 6) is 0.608. The highest BCUT2D eigenvalue weighted by molar-refractivity contribution is 5.12. The minimum atomic E-state index is 0.0417. The molecule has 1 aromatic heterocycles. The summed E-state index contributed by atoms with van der Waals surface area (Å²) in [5, 5.41) is 4.57. The van der Waals surface area contributed by atoms with E-state index in [0.717, 1.165) is 18.8 Å². The first-order chi connectivity index (χ1) is 9.15. The van der Waals surface area contributed by atoms with Crippen molar-refractivity contribution in [2.24, 2.45) is 0 Å². The number of nitrogens with zero attached hydrogens (tertiary/aromatic N) is 3. The van der Waals surface area contributed by atoms with Gasteiger partial charge in [0.2, 0.25) is 0 Å². The maximum absolute atomic E-state index is 12.0. The molecule has 2 fully saturated rings. The topological polar surface area (TPSA) is 38.1 Å². The van der Waals surface area contributed by atoms with Gasteiger partial charge in [0.1, 0.15) is 0 Å². The van der Waals surface area contributed by atoms with Gasteiger partial charge in [-0.3, -0.25) is 9.69 Å². The van der Waals surface area contributed by atoms with E-state index in [0.29, 0.717) is 18.0 Å². The summed E-state index contributed by atoms with van der Waals surface area (Å²) in [4.78, 5) is 14.5. The Morgan fingerprint density at radius 1 is 1.32 bits per heavy atom. The predicted molar refractivity (Wildman–Crippen MR) is 75.3 cm³/mol. The minimum Gasteiger partial charge on any atom is -0.296 e. The highest BCUT2D eigenvalue weighted by Gasteiger charge is 2.29. The molecule has 3 rings (SSSR count). The summed E-state index contributed by atoms with van der Waals surface area (Å²) >= 11 is 0. The first kappa shape index (κ1) is 12.9. The molecule has 1 saturated heterocycles. The summed E-state index contributed by atoms with van der Waals surface area (Å²) in [6, 6.07) is 4.62. The minimum absolute atomic E-state index is 0.0417. The van der Waals surface area contributed by atoms with Crippen molar-refractivity contribution in [2.45, 2.75) is 64.1 Å². The molecule has 0 aromatic carbocycles. The monoisotopic (exact) mass is 261 g/mol. The third-order valence-corrected chi connectivity index (χ3v) is 4.35. The summed E-state index contributed by atoms with van der Waals surface area (Å²) in [5.41, 5.74) is 1.15. The van der Waals surface area contributed by atoms with E-state index in [-0.39, 0.29) is 5.56 Å². The van der Waals surface area contributed by atoms with Gasteiger partial charge >= 0.3 is 0 Å². The van der Waals surface area contributed by atoms with Gasteiger partial charge in [-0.25, -0.2) is 4.68 Å². The van der Waals surface area contributed by atoms with Crippen LogP contribution >= 0.6 is 0 Å². The molecule has 4 heteroatoms. The van der Waals surface area contributed by atoms with Crippen molar-refractivity contribution in [3.05, 3.63) is 28.2 Å². The van der Waals surface area contributed by atoms with Gasteiger partial charge in [0.25, 0.3) is 5.56 Å². The number of likely N-dealkylation sites (tertiary alicyclic amines) is 1. The SMILES string of the molecule is CC(C)N1CCCC1Cn1nc(C2CC2)ccc1=O. The Morgan fingerprint density at radius 3 is 2.79 bits per heavy atom. The zero-order valence-electron chi connectivity index (χ0n) is 11.9. The standard InChI is InChI=1S/C15H23N3O/c1-11(2)17-9-3-4-13(17)10-18-15(19)8-7-14(16-18)12-5-6-12/h7-8,11-13H,3-6,9-10H2,1-2H3. The van der Waals surface area contributed by atoms with Crippen molar-refractivity contribution >= 4 is 0 Å². The van der Waals surface area contributed by atoms with Crippen molar-refractivity contribution in [2.75, 3.05) is 6.54 Å². The van der Waals surface area contributed by atoms with Crippen LogP contribution in [0.2, 0.25) is 0 Å². The molecule has 0 amide bonds. The maximum atomic E-state index is 12.0. The van der Waals surface area contributed by atoms with Crippen LogP contribution in [0.1, 0.15) is 51.1 Å². The molecule has 0 radical (unpaired) electrons. The molecule has 1 unspecified atom stereocenters. The first-order valence-electron chi connectivity index (χ1n) is 7.49. The Labute approximate surface area is 114 Å². The highest BCUT2D eigenvalue weighted by Crippen LogP contribution is 2.38. The van der Waals surface area contributed by atoms with Crippen LogP contribution in [0.4, 0.5) is 0 Å². The molecule has 1 atom stereocenters. The lowest BCUT2D eigenvalue weighted by Crippen LogP contribution is -2.40. The smallest absolute Gasteiger partial charge is 0.266 e. The van der Waals surface area contributed by atoms with Crippen LogP contribution in [0.25, 0.3) is 0 Å². The number of rotatable bonds is 4. The van der Waals surface area contributed by atoms with Crippen molar-refractivity contribution in [1.29, 1.82) is 0 Å². The number of hydrogen-bond donors (Lipinski definition) is 0. The number of aromatic nitrogens is 2. The van der Waals surface area contributed by atoms with E-state index in [1.807, 2.05) is 6.07 Å². The molecule has 104 valence electrons. The lowest BCUT2D eigenvalue weighted by atomic mass is 10.2. The van der Waals surface area contributed by atoms with Gasteiger partial charge < -0.3 is 0 Å². The molecule has 0 N–H and O–H groups in total. The van der Waals surface area contributed by atoms with E-state index >= 15 is 0 Å². The van der Waals surface area contributed by atoms with Gasteiger partial charge in [-0.15, -0.1) is 0 Å². The molecule has 0 spiro atoms. The van der Waals surface area contributed by atoms with E-state index in [1.165, 1.54) is 25.7 Å². The first-order valence-corrected chi connectivity index (χ1v) is 7.49. The lowest BCUT2D eigenvalue weighted by molar-refractivity contribution is 0.181. The summed E-state index contributed by atoms with van der Waals surface area (Å²) in [6.45, 7) is 6.36. The maximum Gasteiger partial charge on any atom is 0.266 e. The summed E-state index contributed by atoms with van der Waals surface area (Å²) < 4.78 is 1.69. The van der Waals surface area contributed by atoms with Crippen LogP contribution in [0.15, 0.2) is 16.9 Å². The van der Waals surface area contributed by atoms with Crippen LogP contribution in [-0.2, 0) is 6.54 Å². The third kappa shape index (κ3) is 2.73. The average molecular weight is 261 g/mol. The summed E-state index contributed by atoms with van der Waals surface area (Å²) in [6.07, 6.45) is 4.87. The molecule has 2 heterocycles. The Morgan fingerprint density at radius 2 is 2.11 bits per heavy atom. The Hall–Kier alpha value is -1.16. The van der Waals surface area contributed by atoms with Gasteiger partial charge in [-0.05, 0) is 52.1 Å². The predicted octanol–water partition coefficient (Wildman–Crippen LogP) is 1.99. The quantitative estimate of drug-likeness (QED) is 0.832. The van der Waals surface area contributed by atoms with Gasteiger partial charge in [0.05, 0.1) is 12.2 Å². The van der Waals surface area contributed by atoms with Gasteiger partial charge in [-0.1, -0.05) is 0 Å². The van der Waals surface area contributed by atoms with Crippen LogP contribution in [0.5, 0.6) is 0 Å². The van der Waals surface area contributed by atoms with Gasteiger partial charge in [0, 0.05) is 24.1 Å². The van der Waals surface area contributed by atoms with E-state index in [2.05, 4.69) is 23.8 Å². The van der Waals surface area contributed by atoms with E-state index in [1.54, 1.807) is 10.7 Å². The zero-order valence-corrected chi connectivity index (χ0v) is 11.9. The van der Waals surface area contributed by atoms with Gasteiger partial charge in [0.15, 0.2) is 0 Å². The Balaban J connectivity index is 1.78. The summed E-state index contributed by atoms with van der Waals surface area (Å²) in [7, 11) is 0. The molecular formula is C15H23N3O. The second kappa shape index (κ2) is 5.08. The Bertz CT molecular complexity index is 504. The van der Waals surface area contributed by atoms with E-state index < -0.39 is 0 Å². The van der Waals surface area contributed by atoms with E-state index in [4.69, 9.17) is 0 Å². The molecule has 1 saturated carbocycles. The van der Waals surface area contributed by atoms with Crippen LogP contribution in [-0.4, -0.2) is 33.3 Å². The molecule has 1 aliphatic carbocycles. The second-order valence-corrected chi connectivity index (χ2v) is 6.18. The molecule has 19 heavy (non-hydrogen) atoms. The molecule has 1 aliphatic heterocycles. The molecule has 4 nitrogen and oxygen atoms in total. The zero-order chi connectivity index (χ0) is 13.4. The van der Waals surface area contributed by atoms with Crippen molar-refractivity contribution in [3.8, 4) is 0 Å². The van der Waals surface area contributed by atoms with Gasteiger partial charge in [-0.2, -0.15) is 5.10 Å². The van der Waals surface area contributed by atoms with E-state index in [9.17, 15) is 4.79 Å². The van der Waals surface area contributed by atoms with Crippen molar-refractivity contribution in [1.82, 2.24) is 14.7 Å². The third-order valence-electron chi connectivity index (χ3n) is 4.35. The molecular weight excluding hydrogens is 238 g/mol. The molecule has 1 aromatic rings. The van der Waals surface area contributed by atoms with Crippen molar-refractivity contribution < 1.29 is 0 Å². The van der Waals surface area contributed by atoms with Crippen LogP contribution < -0.4 is 5.56 Å². The fraction of sp³-hybridized carbons (Fsp3) is 0.733. The molecule has 2 aliphatic rings.